The lowest BCUT2D eigenvalue weighted by atomic mass is 10.0. The van der Waals surface area contributed by atoms with Gasteiger partial charge in [-0.1, -0.05) is 30.3 Å². The predicted molar refractivity (Wildman–Crippen MR) is 110 cm³/mol. The number of carboxylic acids is 1. The van der Waals surface area contributed by atoms with Crippen LogP contribution in [-0.2, 0) is 11.3 Å². The van der Waals surface area contributed by atoms with Gasteiger partial charge in [0, 0.05) is 18.2 Å². The van der Waals surface area contributed by atoms with E-state index in [2.05, 4.69) is 5.32 Å². The van der Waals surface area contributed by atoms with Gasteiger partial charge in [-0.25, -0.2) is 4.39 Å². The molecule has 3 aromatic rings. The number of rotatable bonds is 9. The highest BCUT2D eigenvalue weighted by molar-refractivity contribution is 5.73. The van der Waals surface area contributed by atoms with Crippen molar-refractivity contribution in [3.8, 4) is 28.4 Å². The molecule has 0 radical (unpaired) electrons. The minimum atomic E-state index is -1.12. The maximum atomic E-state index is 13.3. The molecule has 6 nitrogen and oxygen atoms in total. The number of halogens is 1. The Kier molecular flexibility index (Phi) is 7.00. The topological polar surface area (TPSA) is 88.0 Å². The SMILES string of the molecule is COc1cc(-c2ccc(Oc3cccc(F)c3)cc2)ccc1CN[C@H](CO)C(=O)O. The molecule has 156 valence electrons. The summed E-state index contributed by atoms with van der Waals surface area (Å²) in [5.74, 6) is 0.125. The maximum absolute atomic E-state index is 13.3. The van der Waals surface area contributed by atoms with Gasteiger partial charge in [0.2, 0.25) is 0 Å². The highest BCUT2D eigenvalue weighted by atomic mass is 19.1. The van der Waals surface area contributed by atoms with Crippen molar-refractivity contribution in [2.75, 3.05) is 13.7 Å². The number of aliphatic hydroxyl groups excluding tert-OH is 1. The molecule has 1 atom stereocenters. The lowest BCUT2D eigenvalue weighted by Crippen LogP contribution is -2.39. The molecule has 3 N–H and O–H groups in total. The summed E-state index contributed by atoms with van der Waals surface area (Å²) in [6, 6.07) is 17.8. The van der Waals surface area contributed by atoms with Gasteiger partial charge in [-0.3, -0.25) is 10.1 Å². The van der Waals surface area contributed by atoms with Crippen LogP contribution in [0.25, 0.3) is 11.1 Å². The van der Waals surface area contributed by atoms with Crippen molar-refractivity contribution in [2.24, 2.45) is 0 Å². The zero-order valence-electron chi connectivity index (χ0n) is 16.3. The van der Waals surface area contributed by atoms with Gasteiger partial charge in [0.15, 0.2) is 0 Å². The Morgan fingerprint density at radius 2 is 1.77 bits per heavy atom. The van der Waals surface area contributed by atoms with Crippen LogP contribution in [0.3, 0.4) is 0 Å². The van der Waals surface area contributed by atoms with Crippen LogP contribution in [0.5, 0.6) is 17.2 Å². The lowest BCUT2D eigenvalue weighted by molar-refractivity contribution is -0.140. The molecule has 0 heterocycles. The highest BCUT2D eigenvalue weighted by Gasteiger charge is 2.16. The third kappa shape index (κ3) is 5.34. The van der Waals surface area contributed by atoms with Crippen LogP contribution >= 0.6 is 0 Å². The number of ether oxygens (including phenoxy) is 2. The van der Waals surface area contributed by atoms with E-state index < -0.39 is 18.6 Å². The molecule has 0 aliphatic carbocycles. The van der Waals surface area contributed by atoms with Crippen LogP contribution in [0.4, 0.5) is 4.39 Å². The summed E-state index contributed by atoms with van der Waals surface area (Å²) in [7, 11) is 1.54. The smallest absolute Gasteiger partial charge is 0.323 e. The van der Waals surface area contributed by atoms with E-state index in [-0.39, 0.29) is 12.4 Å². The van der Waals surface area contributed by atoms with Crippen molar-refractivity contribution in [3.63, 3.8) is 0 Å². The molecule has 0 bridgehead atoms. The molecule has 0 aromatic heterocycles. The van der Waals surface area contributed by atoms with E-state index in [1.165, 1.54) is 12.1 Å². The van der Waals surface area contributed by atoms with Gasteiger partial charge in [0.25, 0.3) is 0 Å². The van der Waals surface area contributed by atoms with E-state index >= 15 is 0 Å². The Morgan fingerprint density at radius 3 is 2.40 bits per heavy atom. The van der Waals surface area contributed by atoms with Gasteiger partial charge < -0.3 is 19.7 Å². The highest BCUT2D eigenvalue weighted by Crippen LogP contribution is 2.30. The number of carboxylic acid groups (broad SMARTS) is 1. The first-order chi connectivity index (χ1) is 14.5. The second-order valence-electron chi connectivity index (χ2n) is 6.56. The summed E-state index contributed by atoms with van der Waals surface area (Å²) in [4.78, 5) is 11.0. The molecule has 0 aliphatic heterocycles. The molecule has 0 saturated carbocycles. The van der Waals surface area contributed by atoms with Crippen LogP contribution in [0.1, 0.15) is 5.56 Å². The van der Waals surface area contributed by atoms with Crippen molar-refractivity contribution < 1.29 is 28.9 Å². The van der Waals surface area contributed by atoms with Gasteiger partial charge >= 0.3 is 5.97 Å². The maximum Gasteiger partial charge on any atom is 0.323 e. The number of carbonyl (C=O) groups is 1. The number of methoxy groups -OCH3 is 1. The number of aliphatic hydroxyl groups is 1. The van der Waals surface area contributed by atoms with E-state index in [1.54, 1.807) is 31.4 Å². The largest absolute Gasteiger partial charge is 0.496 e. The molecule has 30 heavy (non-hydrogen) atoms. The molecule has 7 heteroatoms. The Bertz CT molecular complexity index is 1010. The van der Waals surface area contributed by atoms with Crippen molar-refractivity contribution in [2.45, 2.75) is 12.6 Å². The standard InChI is InChI=1S/C23H22FNO5/c1-29-22-11-16(5-6-17(22)13-25-21(14-26)23(27)28)15-7-9-19(10-8-15)30-20-4-2-3-18(24)12-20/h2-12,21,25-26H,13-14H2,1H3,(H,27,28)/t21-/m1/s1. The zero-order chi connectivity index (χ0) is 21.5. The Hall–Kier alpha value is -3.42. The fraction of sp³-hybridized carbons (Fsp3) is 0.174. The summed E-state index contributed by atoms with van der Waals surface area (Å²) in [5.41, 5.74) is 2.61. The number of hydrogen-bond acceptors (Lipinski definition) is 5. The molecule has 3 rings (SSSR count). The Balaban J connectivity index is 1.73. The monoisotopic (exact) mass is 411 g/mol. The molecule has 3 aromatic carbocycles. The first-order valence-corrected chi connectivity index (χ1v) is 9.28. The van der Waals surface area contributed by atoms with Crippen LogP contribution in [0, 0.1) is 5.82 Å². The van der Waals surface area contributed by atoms with Crippen molar-refractivity contribution in [1.29, 1.82) is 0 Å². The molecule has 0 unspecified atom stereocenters. The molecule has 0 amide bonds. The van der Waals surface area contributed by atoms with Crippen molar-refractivity contribution in [1.82, 2.24) is 5.32 Å². The number of aliphatic carboxylic acids is 1. The van der Waals surface area contributed by atoms with Crippen LogP contribution in [0.2, 0.25) is 0 Å². The van der Waals surface area contributed by atoms with E-state index in [0.717, 1.165) is 16.7 Å². The normalized spacial score (nSPS) is 11.7. The summed E-state index contributed by atoms with van der Waals surface area (Å²) < 4.78 is 24.4. The summed E-state index contributed by atoms with van der Waals surface area (Å²) in [6.45, 7) is -0.263. The summed E-state index contributed by atoms with van der Waals surface area (Å²) >= 11 is 0. The summed E-state index contributed by atoms with van der Waals surface area (Å²) in [5, 5.41) is 20.9. The number of hydrogen-bond donors (Lipinski definition) is 3. The Morgan fingerprint density at radius 1 is 1.03 bits per heavy atom. The first kappa shape index (κ1) is 21.3. The lowest BCUT2D eigenvalue weighted by Gasteiger charge is -2.15. The van der Waals surface area contributed by atoms with Crippen LogP contribution in [0.15, 0.2) is 66.7 Å². The van der Waals surface area contributed by atoms with E-state index in [4.69, 9.17) is 19.7 Å². The van der Waals surface area contributed by atoms with Gasteiger partial charge in [-0.05, 0) is 41.5 Å². The molecule has 0 saturated heterocycles. The molecule has 0 fully saturated rings. The molecular weight excluding hydrogens is 389 g/mol. The minimum Gasteiger partial charge on any atom is -0.496 e. The number of nitrogens with one attached hydrogen (secondary N) is 1. The summed E-state index contributed by atoms with van der Waals surface area (Å²) in [6.07, 6.45) is 0. The van der Waals surface area contributed by atoms with Gasteiger partial charge in [0.05, 0.1) is 13.7 Å². The third-order valence-electron chi connectivity index (χ3n) is 4.53. The van der Waals surface area contributed by atoms with Crippen LogP contribution in [-0.4, -0.2) is 35.9 Å². The minimum absolute atomic E-state index is 0.237. The van der Waals surface area contributed by atoms with Crippen LogP contribution < -0.4 is 14.8 Å². The van der Waals surface area contributed by atoms with Crippen molar-refractivity contribution >= 4 is 5.97 Å². The van der Waals surface area contributed by atoms with Gasteiger partial charge in [0.1, 0.15) is 29.1 Å². The second-order valence-corrected chi connectivity index (χ2v) is 6.56. The Labute approximate surface area is 173 Å². The molecule has 0 aliphatic rings. The first-order valence-electron chi connectivity index (χ1n) is 9.28. The number of benzene rings is 3. The fourth-order valence-electron chi connectivity index (χ4n) is 2.92. The van der Waals surface area contributed by atoms with E-state index in [9.17, 15) is 9.18 Å². The van der Waals surface area contributed by atoms with E-state index in [0.29, 0.717) is 17.2 Å². The van der Waals surface area contributed by atoms with Crippen molar-refractivity contribution in [3.05, 3.63) is 78.1 Å². The molecular formula is C23H22FNO5. The van der Waals surface area contributed by atoms with E-state index in [1.807, 2.05) is 30.3 Å². The van der Waals surface area contributed by atoms with Gasteiger partial charge in [-0.2, -0.15) is 0 Å². The quantitative estimate of drug-likeness (QED) is 0.496. The third-order valence-corrected chi connectivity index (χ3v) is 4.53. The average molecular weight is 411 g/mol. The molecule has 0 spiro atoms. The fourth-order valence-corrected chi connectivity index (χ4v) is 2.92. The average Bonchev–Trinajstić information content (AvgIpc) is 2.74. The van der Waals surface area contributed by atoms with Gasteiger partial charge in [-0.15, -0.1) is 0 Å². The second kappa shape index (κ2) is 9.87. The predicted octanol–water partition coefficient (Wildman–Crippen LogP) is 3.83. The zero-order valence-corrected chi connectivity index (χ0v) is 16.3.